The molecule has 3 nitrogen and oxygen atoms in total. The van der Waals surface area contributed by atoms with Crippen molar-refractivity contribution in [1.82, 2.24) is 5.48 Å². The second-order valence-corrected chi connectivity index (χ2v) is 3.87. The van der Waals surface area contributed by atoms with Crippen LogP contribution in [0.4, 0.5) is 4.39 Å². The highest BCUT2D eigenvalue weighted by atomic mass is 19.1. The van der Waals surface area contributed by atoms with Gasteiger partial charge < -0.3 is 0 Å². The molecule has 86 valence electrons. The van der Waals surface area contributed by atoms with E-state index in [9.17, 15) is 9.18 Å². The summed E-state index contributed by atoms with van der Waals surface area (Å²) in [5.41, 5.74) is 2.98. The van der Waals surface area contributed by atoms with E-state index < -0.39 is 0 Å². The maximum absolute atomic E-state index is 13.4. The minimum Gasteiger partial charge on any atom is -0.274 e. The minimum atomic E-state index is -0.237. The van der Waals surface area contributed by atoms with Crippen LogP contribution in [0.3, 0.4) is 0 Å². The summed E-state index contributed by atoms with van der Waals surface area (Å²) in [6.07, 6.45) is 0.694. The molecule has 0 spiro atoms. The summed E-state index contributed by atoms with van der Waals surface area (Å²) in [6, 6.07) is 6.59. The van der Waals surface area contributed by atoms with E-state index in [1.165, 1.54) is 6.07 Å². The van der Waals surface area contributed by atoms with Crippen LogP contribution in [0.15, 0.2) is 24.3 Å². The molecule has 0 radical (unpaired) electrons. The van der Waals surface area contributed by atoms with Gasteiger partial charge in [-0.1, -0.05) is 18.2 Å². The number of carbonyl (C=O) groups is 1. The number of benzene rings is 1. The Morgan fingerprint density at radius 1 is 1.56 bits per heavy atom. The molecule has 0 bridgehead atoms. The Labute approximate surface area is 93.6 Å². The van der Waals surface area contributed by atoms with E-state index in [1.807, 2.05) is 0 Å². The van der Waals surface area contributed by atoms with Crippen LogP contribution < -0.4 is 5.48 Å². The number of amides is 1. The van der Waals surface area contributed by atoms with Crippen LogP contribution in [-0.4, -0.2) is 12.5 Å². The van der Waals surface area contributed by atoms with E-state index in [4.69, 9.17) is 4.84 Å². The Morgan fingerprint density at radius 3 is 3.00 bits per heavy atom. The molecule has 1 fully saturated rings. The average Bonchev–Trinajstić information content (AvgIpc) is 3.06. The van der Waals surface area contributed by atoms with Gasteiger partial charge in [0.2, 0.25) is 5.91 Å². The van der Waals surface area contributed by atoms with Crippen LogP contribution in [0.2, 0.25) is 0 Å². The van der Waals surface area contributed by atoms with Gasteiger partial charge in [-0.05, 0) is 30.9 Å². The molecule has 1 aromatic carbocycles. The van der Waals surface area contributed by atoms with Crippen molar-refractivity contribution in [2.24, 2.45) is 5.92 Å². The summed E-state index contributed by atoms with van der Waals surface area (Å²) < 4.78 is 13.4. The zero-order valence-corrected chi connectivity index (χ0v) is 9.07. The minimum absolute atomic E-state index is 0.00153. The summed E-state index contributed by atoms with van der Waals surface area (Å²) >= 11 is 0. The zero-order valence-electron chi connectivity index (χ0n) is 9.07. The van der Waals surface area contributed by atoms with Crippen LogP contribution in [0.1, 0.15) is 24.8 Å². The molecular formula is C12H14FNO2. The summed E-state index contributed by atoms with van der Waals surface area (Å²) in [5, 5.41) is 0. The molecule has 2 rings (SSSR count). The van der Waals surface area contributed by atoms with Gasteiger partial charge in [0.25, 0.3) is 0 Å². The van der Waals surface area contributed by atoms with E-state index in [0.717, 1.165) is 0 Å². The fourth-order valence-corrected chi connectivity index (χ4v) is 1.82. The number of halogens is 1. The molecular weight excluding hydrogens is 209 g/mol. The topological polar surface area (TPSA) is 38.3 Å². The maximum Gasteiger partial charge on any atom is 0.247 e. The van der Waals surface area contributed by atoms with Crippen molar-refractivity contribution in [3.63, 3.8) is 0 Å². The molecule has 1 aliphatic carbocycles. The number of hydroxylamine groups is 1. The van der Waals surface area contributed by atoms with Crippen molar-refractivity contribution in [2.75, 3.05) is 6.61 Å². The summed E-state index contributed by atoms with van der Waals surface area (Å²) in [4.78, 5) is 16.3. The highest BCUT2D eigenvalue weighted by Gasteiger charge is 2.45. The van der Waals surface area contributed by atoms with Crippen LogP contribution in [0.5, 0.6) is 0 Å². The van der Waals surface area contributed by atoms with Gasteiger partial charge in [0.15, 0.2) is 0 Å². The third-order valence-corrected chi connectivity index (χ3v) is 2.75. The normalized spacial score (nSPS) is 22.9. The molecule has 0 aromatic heterocycles. The first kappa shape index (κ1) is 11.1. The molecule has 1 aliphatic rings. The van der Waals surface area contributed by atoms with E-state index >= 15 is 0 Å². The largest absolute Gasteiger partial charge is 0.274 e. The van der Waals surface area contributed by atoms with Gasteiger partial charge in [-0.15, -0.1) is 0 Å². The molecule has 16 heavy (non-hydrogen) atoms. The summed E-state index contributed by atoms with van der Waals surface area (Å²) in [7, 11) is 0. The highest BCUT2D eigenvalue weighted by Crippen LogP contribution is 2.48. The van der Waals surface area contributed by atoms with Crippen LogP contribution >= 0.6 is 0 Å². The Hall–Kier alpha value is -1.42. The van der Waals surface area contributed by atoms with Crippen molar-refractivity contribution in [1.29, 1.82) is 0 Å². The Balaban J connectivity index is 1.96. The monoisotopic (exact) mass is 223 g/mol. The van der Waals surface area contributed by atoms with Crippen molar-refractivity contribution in [3.8, 4) is 0 Å². The molecule has 1 N–H and O–H groups in total. The van der Waals surface area contributed by atoms with Gasteiger partial charge in [0, 0.05) is 5.92 Å². The SMILES string of the molecule is CCONC(=O)C1CC1c1ccccc1F. The van der Waals surface area contributed by atoms with Crippen molar-refractivity contribution in [2.45, 2.75) is 19.3 Å². The van der Waals surface area contributed by atoms with Gasteiger partial charge in [-0.2, -0.15) is 0 Å². The molecule has 1 saturated carbocycles. The lowest BCUT2D eigenvalue weighted by molar-refractivity contribution is -0.134. The highest BCUT2D eigenvalue weighted by molar-refractivity contribution is 5.81. The van der Waals surface area contributed by atoms with Crippen molar-refractivity contribution in [3.05, 3.63) is 35.6 Å². The van der Waals surface area contributed by atoms with Gasteiger partial charge in [-0.3, -0.25) is 9.63 Å². The van der Waals surface area contributed by atoms with Gasteiger partial charge in [-0.25, -0.2) is 9.87 Å². The lowest BCUT2D eigenvalue weighted by Crippen LogP contribution is -2.25. The fourth-order valence-electron chi connectivity index (χ4n) is 1.82. The quantitative estimate of drug-likeness (QED) is 0.793. The first-order valence-electron chi connectivity index (χ1n) is 5.40. The first-order valence-corrected chi connectivity index (χ1v) is 5.40. The van der Waals surface area contributed by atoms with Crippen LogP contribution in [0, 0.1) is 11.7 Å². The predicted octanol–water partition coefficient (Wildman–Crippen LogP) is 2.00. The number of carbonyl (C=O) groups excluding carboxylic acids is 1. The molecule has 1 amide bonds. The van der Waals surface area contributed by atoms with Crippen LogP contribution in [0.25, 0.3) is 0 Å². The fraction of sp³-hybridized carbons (Fsp3) is 0.417. The molecule has 0 saturated heterocycles. The second kappa shape index (κ2) is 4.61. The smallest absolute Gasteiger partial charge is 0.247 e. The third-order valence-electron chi connectivity index (χ3n) is 2.75. The molecule has 4 heteroatoms. The van der Waals surface area contributed by atoms with E-state index in [0.29, 0.717) is 18.6 Å². The van der Waals surface area contributed by atoms with Crippen LogP contribution in [-0.2, 0) is 9.63 Å². The van der Waals surface area contributed by atoms with Crippen molar-refractivity contribution >= 4 is 5.91 Å². The zero-order chi connectivity index (χ0) is 11.5. The average molecular weight is 223 g/mol. The maximum atomic E-state index is 13.4. The van der Waals surface area contributed by atoms with Gasteiger partial charge in [0.1, 0.15) is 5.82 Å². The Kier molecular flexibility index (Phi) is 3.19. The summed E-state index contributed by atoms with van der Waals surface area (Å²) in [5.74, 6) is -0.542. The second-order valence-electron chi connectivity index (χ2n) is 3.87. The van der Waals surface area contributed by atoms with E-state index in [1.54, 1.807) is 25.1 Å². The lowest BCUT2D eigenvalue weighted by Gasteiger charge is -2.03. The summed E-state index contributed by atoms with van der Waals surface area (Å²) in [6.45, 7) is 2.23. The number of nitrogens with one attached hydrogen (secondary N) is 1. The number of rotatable bonds is 4. The molecule has 0 aliphatic heterocycles. The van der Waals surface area contributed by atoms with E-state index in [2.05, 4.69) is 5.48 Å². The standard InChI is InChI=1S/C12H14FNO2/c1-2-16-14-12(15)10-7-9(10)8-5-3-4-6-11(8)13/h3-6,9-10H,2,7H2,1H3,(H,14,15). The molecule has 0 heterocycles. The number of hydrogen-bond donors (Lipinski definition) is 1. The Bertz CT molecular complexity index is 394. The third kappa shape index (κ3) is 2.22. The van der Waals surface area contributed by atoms with E-state index in [-0.39, 0.29) is 23.6 Å². The van der Waals surface area contributed by atoms with Gasteiger partial charge in [0.05, 0.1) is 6.61 Å². The van der Waals surface area contributed by atoms with Gasteiger partial charge >= 0.3 is 0 Å². The lowest BCUT2D eigenvalue weighted by atomic mass is 10.1. The molecule has 1 aromatic rings. The molecule has 2 atom stereocenters. The first-order chi connectivity index (χ1) is 7.74. The molecule has 2 unspecified atom stereocenters. The Morgan fingerprint density at radius 2 is 2.31 bits per heavy atom. The van der Waals surface area contributed by atoms with Crippen molar-refractivity contribution < 1.29 is 14.0 Å². The predicted molar refractivity (Wildman–Crippen MR) is 57.0 cm³/mol. The number of hydrogen-bond acceptors (Lipinski definition) is 2.